The molecule has 0 spiro atoms. The Bertz CT molecular complexity index is 1220. The summed E-state index contributed by atoms with van der Waals surface area (Å²) < 4.78 is 69.9. The number of hydrogen-bond acceptors (Lipinski definition) is 8. The van der Waals surface area contributed by atoms with E-state index in [0.29, 0.717) is 5.16 Å². The van der Waals surface area contributed by atoms with Gasteiger partial charge in [0.15, 0.2) is 5.16 Å². The number of benzene rings is 2. The van der Waals surface area contributed by atoms with Crippen LogP contribution < -0.4 is 0 Å². The summed E-state index contributed by atoms with van der Waals surface area (Å²) in [5, 5.41) is 13.8. The lowest BCUT2D eigenvalue weighted by Gasteiger charge is -2.28. The summed E-state index contributed by atoms with van der Waals surface area (Å²) in [5.74, 6) is -2.68. The van der Waals surface area contributed by atoms with Crippen molar-refractivity contribution < 1.29 is 36.3 Å². The third-order valence-electron chi connectivity index (χ3n) is 4.78. The maximum Gasteiger partial charge on any atom is 0.294 e. The van der Waals surface area contributed by atoms with Gasteiger partial charge < -0.3 is 14.6 Å². The van der Waals surface area contributed by atoms with Gasteiger partial charge in [-0.3, -0.25) is 4.55 Å². The van der Waals surface area contributed by atoms with Gasteiger partial charge in [-0.1, -0.05) is 29.5 Å². The molecule has 2 atom stereocenters. The molecule has 2 heterocycles. The van der Waals surface area contributed by atoms with Gasteiger partial charge >= 0.3 is 0 Å². The van der Waals surface area contributed by atoms with Crippen LogP contribution >= 0.6 is 11.8 Å². The molecule has 0 saturated carbocycles. The fourth-order valence-corrected chi connectivity index (χ4v) is 4.50. The van der Waals surface area contributed by atoms with Gasteiger partial charge in [0.25, 0.3) is 10.1 Å². The Morgan fingerprint density at radius 1 is 1.24 bits per heavy atom. The SMILES string of the molecule is Cc1ccc(S(=O)(=O)O)cc1.Cn1ncnc1SC[C@@]1(c2ccc(F)cc2F)OC[C@@H](CO)O1. The number of rotatable bonds is 6. The summed E-state index contributed by atoms with van der Waals surface area (Å²) in [6.45, 7) is 1.71. The highest BCUT2D eigenvalue weighted by Crippen LogP contribution is 2.40. The van der Waals surface area contributed by atoms with Gasteiger partial charge in [0, 0.05) is 18.7 Å². The topological polar surface area (TPSA) is 124 Å². The maximum atomic E-state index is 14.2. The molecule has 0 amide bonds. The van der Waals surface area contributed by atoms with Crippen molar-refractivity contribution in [3.05, 3.63) is 71.6 Å². The molecule has 4 rings (SSSR count). The van der Waals surface area contributed by atoms with Crippen molar-refractivity contribution >= 4 is 21.9 Å². The van der Waals surface area contributed by atoms with Gasteiger partial charge in [0.1, 0.15) is 24.1 Å². The number of halogens is 2. The number of hydrogen-bond donors (Lipinski definition) is 2. The summed E-state index contributed by atoms with van der Waals surface area (Å²) in [6.07, 6.45) is 0.833. The molecule has 2 N–H and O–H groups in total. The summed E-state index contributed by atoms with van der Waals surface area (Å²) >= 11 is 1.27. The molecule has 3 aromatic rings. The fourth-order valence-electron chi connectivity index (χ4n) is 3.03. The van der Waals surface area contributed by atoms with Crippen molar-refractivity contribution in [1.29, 1.82) is 0 Å². The zero-order chi connectivity index (χ0) is 24.9. The summed E-state index contributed by atoms with van der Waals surface area (Å²) in [5.41, 5.74) is 1.04. The molecule has 0 aliphatic carbocycles. The largest absolute Gasteiger partial charge is 0.394 e. The highest BCUT2D eigenvalue weighted by molar-refractivity contribution is 7.99. The summed E-state index contributed by atoms with van der Waals surface area (Å²) in [6, 6.07) is 9.21. The average Bonchev–Trinajstić information content (AvgIpc) is 3.39. The Labute approximate surface area is 199 Å². The molecule has 1 aliphatic heterocycles. The standard InChI is InChI=1S/C14H15F2N3O3S.C7H8O3S/c1-19-13(17-8-18-19)23-7-14(21-6-10(5-20)22-14)11-3-2-9(15)4-12(11)16;1-6-2-4-7(5-3-6)11(8,9)10/h2-4,8,10,20H,5-7H2,1H3;2-5H,1H3,(H,8,9,10)/t10-,14-;/m1./s1. The minimum absolute atomic E-state index is 0.0666. The van der Waals surface area contributed by atoms with Gasteiger partial charge in [0.05, 0.1) is 23.9 Å². The first-order valence-corrected chi connectivity index (χ1v) is 12.4. The normalized spacial score (nSPS) is 20.1. The molecule has 9 nitrogen and oxygen atoms in total. The van der Waals surface area contributed by atoms with E-state index in [1.165, 1.54) is 36.3 Å². The monoisotopic (exact) mass is 515 g/mol. The molecule has 1 saturated heterocycles. The molecule has 1 fully saturated rings. The summed E-state index contributed by atoms with van der Waals surface area (Å²) in [7, 11) is -2.29. The van der Waals surface area contributed by atoms with Crippen LogP contribution in [0.4, 0.5) is 8.78 Å². The third kappa shape index (κ3) is 6.37. The molecule has 0 radical (unpaired) electrons. The number of ether oxygens (including phenoxy) is 2. The van der Waals surface area contributed by atoms with Crippen LogP contribution in [-0.2, 0) is 32.4 Å². The minimum Gasteiger partial charge on any atom is -0.394 e. The first-order chi connectivity index (χ1) is 16.0. The van der Waals surface area contributed by atoms with E-state index in [0.717, 1.165) is 17.7 Å². The van der Waals surface area contributed by atoms with Gasteiger partial charge in [-0.05, 0) is 31.2 Å². The minimum atomic E-state index is -4.02. The molecule has 2 aromatic carbocycles. The van der Waals surface area contributed by atoms with E-state index in [4.69, 9.17) is 14.0 Å². The number of nitrogens with zero attached hydrogens (tertiary/aromatic N) is 3. The van der Waals surface area contributed by atoms with E-state index < -0.39 is 33.6 Å². The second kappa shape index (κ2) is 10.9. The van der Waals surface area contributed by atoms with Crippen LogP contribution in [0.3, 0.4) is 0 Å². The zero-order valence-electron chi connectivity index (χ0n) is 18.3. The molecule has 1 aromatic heterocycles. The average molecular weight is 516 g/mol. The van der Waals surface area contributed by atoms with Crippen LogP contribution in [0.2, 0.25) is 0 Å². The molecule has 34 heavy (non-hydrogen) atoms. The van der Waals surface area contributed by atoms with Crippen LogP contribution in [0.15, 0.2) is 58.8 Å². The van der Waals surface area contributed by atoms with E-state index in [1.54, 1.807) is 23.9 Å². The molecular weight excluding hydrogens is 492 g/mol. The molecule has 184 valence electrons. The van der Waals surface area contributed by atoms with Crippen molar-refractivity contribution in [2.45, 2.75) is 28.9 Å². The lowest BCUT2D eigenvalue weighted by Crippen LogP contribution is -2.33. The second-order valence-corrected chi connectivity index (χ2v) is 9.72. The molecule has 1 aliphatic rings. The maximum absolute atomic E-state index is 14.2. The lowest BCUT2D eigenvalue weighted by molar-refractivity contribution is -0.163. The number of aliphatic hydroxyl groups is 1. The Hall–Kier alpha value is -2.42. The number of aliphatic hydroxyl groups excluding tert-OH is 1. The van der Waals surface area contributed by atoms with Crippen molar-refractivity contribution in [2.75, 3.05) is 19.0 Å². The van der Waals surface area contributed by atoms with Gasteiger partial charge in [-0.2, -0.15) is 13.5 Å². The third-order valence-corrected chi connectivity index (χ3v) is 6.80. The van der Waals surface area contributed by atoms with E-state index in [-0.39, 0.29) is 29.4 Å². The van der Waals surface area contributed by atoms with Crippen molar-refractivity contribution in [3.63, 3.8) is 0 Å². The molecule has 0 unspecified atom stereocenters. The molecule has 0 bridgehead atoms. The van der Waals surface area contributed by atoms with E-state index in [1.807, 2.05) is 6.92 Å². The quantitative estimate of drug-likeness (QED) is 0.377. The van der Waals surface area contributed by atoms with E-state index in [2.05, 4.69) is 10.1 Å². The van der Waals surface area contributed by atoms with Crippen LogP contribution in [0.1, 0.15) is 11.1 Å². The highest BCUT2D eigenvalue weighted by Gasteiger charge is 2.45. The van der Waals surface area contributed by atoms with E-state index in [9.17, 15) is 22.3 Å². The van der Waals surface area contributed by atoms with E-state index >= 15 is 0 Å². The Balaban J connectivity index is 0.000000248. The first-order valence-electron chi connectivity index (χ1n) is 9.93. The second-order valence-electron chi connectivity index (χ2n) is 7.35. The highest BCUT2D eigenvalue weighted by atomic mass is 32.2. The van der Waals surface area contributed by atoms with Crippen molar-refractivity contribution in [3.8, 4) is 0 Å². The van der Waals surface area contributed by atoms with Gasteiger partial charge in [-0.15, -0.1) is 0 Å². The Kier molecular flexibility index (Phi) is 8.38. The fraction of sp³-hybridized carbons (Fsp3) is 0.333. The van der Waals surface area contributed by atoms with Crippen molar-refractivity contribution in [2.24, 2.45) is 7.05 Å². The Morgan fingerprint density at radius 2 is 1.94 bits per heavy atom. The van der Waals surface area contributed by atoms with Crippen LogP contribution in [0.25, 0.3) is 0 Å². The predicted octanol–water partition coefficient (Wildman–Crippen LogP) is 2.69. The zero-order valence-corrected chi connectivity index (χ0v) is 19.9. The lowest BCUT2D eigenvalue weighted by atomic mass is 10.1. The van der Waals surface area contributed by atoms with Gasteiger partial charge in [-0.25, -0.2) is 18.4 Å². The van der Waals surface area contributed by atoms with Crippen LogP contribution in [0, 0.1) is 18.6 Å². The van der Waals surface area contributed by atoms with Gasteiger partial charge in [0.2, 0.25) is 5.79 Å². The molecular formula is C21H23F2N3O6S2. The first kappa shape index (κ1) is 26.2. The smallest absolute Gasteiger partial charge is 0.294 e. The van der Waals surface area contributed by atoms with Crippen molar-refractivity contribution in [1.82, 2.24) is 14.8 Å². The summed E-state index contributed by atoms with van der Waals surface area (Å²) in [4.78, 5) is 4.01. The number of thioether (sulfide) groups is 1. The van der Waals surface area contributed by atoms with Crippen LogP contribution in [-0.4, -0.2) is 57.9 Å². The number of aryl methyl sites for hydroxylation is 2. The predicted molar refractivity (Wildman–Crippen MR) is 119 cm³/mol. The Morgan fingerprint density at radius 3 is 2.47 bits per heavy atom. The number of aromatic nitrogens is 3. The molecule has 13 heteroatoms. The van der Waals surface area contributed by atoms with Crippen LogP contribution in [0.5, 0.6) is 0 Å².